The highest BCUT2D eigenvalue weighted by molar-refractivity contribution is 5.50. The number of hydrogen-bond acceptors (Lipinski definition) is 2. The molecule has 1 rings (SSSR count). The maximum absolute atomic E-state index is 3.30. The Kier molecular flexibility index (Phi) is 3.61. The van der Waals surface area contributed by atoms with Gasteiger partial charge in [0.15, 0.2) is 0 Å². The van der Waals surface area contributed by atoms with E-state index in [9.17, 15) is 0 Å². The third-order valence-corrected chi connectivity index (χ3v) is 1.85. The van der Waals surface area contributed by atoms with Gasteiger partial charge in [0.05, 0.1) is 6.67 Å². The SMILES string of the molecule is CCc1ccccc1NCNC. The maximum atomic E-state index is 3.30. The van der Waals surface area contributed by atoms with Crippen LogP contribution in [0.2, 0.25) is 0 Å². The van der Waals surface area contributed by atoms with Crippen LogP contribution in [0.25, 0.3) is 0 Å². The summed E-state index contributed by atoms with van der Waals surface area (Å²) in [6, 6.07) is 8.38. The van der Waals surface area contributed by atoms with Crippen LogP contribution in [0.3, 0.4) is 0 Å². The molecule has 0 radical (unpaired) electrons. The van der Waals surface area contributed by atoms with Gasteiger partial charge in [0.2, 0.25) is 0 Å². The number of benzene rings is 1. The molecular formula is C10H16N2. The first-order chi connectivity index (χ1) is 5.88. The molecule has 2 heteroatoms. The first-order valence-electron chi connectivity index (χ1n) is 4.35. The van der Waals surface area contributed by atoms with E-state index in [1.54, 1.807) is 0 Å². The van der Waals surface area contributed by atoms with Crippen molar-refractivity contribution in [1.29, 1.82) is 0 Å². The van der Waals surface area contributed by atoms with Crippen molar-refractivity contribution < 1.29 is 0 Å². The van der Waals surface area contributed by atoms with E-state index in [2.05, 4.69) is 41.8 Å². The lowest BCUT2D eigenvalue weighted by atomic mass is 10.1. The molecule has 2 nitrogen and oxygen atoms in total. The Morgan fingerprint density at radius 1 is 1.25 bits per heavy atom. The zero-order valence-electron chi connectivity index (χ0n) is 7.72. The molecule has 0 aliphatic heterocycles. The second kappa shape index (κ2) is 4.78. The molecule has 2 N–H and O–H groups in total. The summed E-state index contributed by atoms with van der Waals surface area (Å²) in [6.45, 7) is 2.98. The normalized spacial score (nSPS) is 9.83. The van der Waals surface area contributed by atoms with Crippen molar-refractivity contribution in [2.24, 2.45) is 0 Å². The minimum atomic E-state index is 0.816. The van der Waals surface area contributed by atoms with E-state index < -0.39 is 0 Å². The molecule has 0 amide bonds. The predicted octanol–water partition coefficient (Wildman–Crippen LogP) is 1.84. The van der Waals surface area contributed by atoms with Gasteiger partial charge in [-0.15, -0.1) is 0 Å². The topological polar surface area (TPSA) is 24.1 Å². The lowest BCUT2D eigenvalue weighted by Gasteiger charge is -2.09. The standard InChI is InChI=1S/C10H16N2/c1-3-9-6-4-5-7-10(9)12-8-11-2/h4-7,11-12H,3,8H2,1-2H3. The van der Waals surface area contributed by atoms with Crippen molar-refractivity contribution in [3.63, 3.8) is 0 Å². The number of rotatable bonds is 4. The summed E-state index contributed by atoms with van der Waals surface area (Å²) >= 11 is 0. The van der Waals surface area contributed by atoms with E-state index in [4.69, 9.17) is 0 Å². The number of aryl methyl sites for hydroxylation is 1. The monoisotopic (exact) mass is 164 g/mol. The lowest BCUT2D eigenvalue weighted by Crippen LogP contribution is -2.17. The second-order valence-electron chi connectivity index (χ2n) is 2.72. The molecule has 0 spiro atoms. The Hall–Kier alpha value is -1.02. The molecule has 0 saturated heterocycles. The van der Waals surface area contributed by atoms with Crippen molar-refractivity contribution in [2.45, 2.75) is 13.3 Å². The van der Waals surface area contributed by atoms with Crippen molar-refractivity contribution in [2.75, 3.05) is 19.0 Å². The third-order valence-electron chi connectivity index (χ3n) is 1.85. The van der Waals surface area contributed by atoms with Crippen LogP contribution in [0, 0.1) is 0 Å². The fourth-order valence-electron chi connectivity index (χ4n) is 1.18. The van der Waals surface area contributed by atoms with Gasteiger partial charge in [0.1, 0.15) is 0 Å². The van der Waals surface area contributed by atoms with Crippen LogP contribution in [0.15, 0.2) is 24.3 Å². The van der Waals surface area contributed by atoms with Gasteiger partial charge in [0.25, 0.3) is 0 Å². The highest BCUT2D eigenvalue weighted by atomic mass is 15.0. The van der Waals surface area contributed by atoms with E-state index in [0.717, 1.165) is 13.1 Å². The zero-order valence-corrected chi connectivity index (χ0v) is 7.72. The molecule has 0 aromatic heterocycles. The van der Waals surface area contributed by atoms with Crippen LogP contribution < -0.4 is 10.6 Å². The first-order valence-corrected chi connectivity index (χ1v) is 4.35. The van der Waals surface area contributed by atoms with Crippen LogP contribution in [-0.4, -0.2) is 13.7 Å². The molecule has 0 aliphatic rings. The molecule has 0 heterocycles. The molecule has 12 heavy (non-hydrogen) atoms. The van der Waals surface area contributed by atoms with Crippen LogP contribution in [0.5, 0.6) is 0 Å². The van der Waals surface area contributed by atoms with Crippen molar-refractivity contribution in [1.82, 2.24) is 5.32 Å². The molecule has 0 atom stereocenters. The van der Waals surface area contributed by atoms with E-state index in [0.29, 0.717) is 0 Å². The largest absolute Gasteiger partial charge is 0.372 e. The van der Waals surface area contributed by atoms with Crippen molar-refractivity contribution in [3.8, 4) is 0 Å². The first kappa shape index (κ1) is 9.07. The Morgan fingerprint density at radius 3 is 2.67 bits per heavy atom. The number of anilines is 1. The number of hydrogen-bond donors (Lipinski definition) is 2. The highest BCUT2D eigenvalue weighted by Crippen LogP contribution is 2.14. The van der Waals surface area contributed by atoms with Gasteiger partial charge in [-0.25, -0.2) is 0 Å². The highest BCUT2D eigenvalue weighted by Gasteiger charge is 1.95. The molecular weight excluding hydrogens is 148 g/mol. The van der Waals surface area contributed by atoms with Gasteiger partial charge in [-0.2, -0.15) is 0 Å². The Labute approximate surface area is 74.0 Å². The van der Waals surface area contributed by atoms with Gasteiger partial charge >= 0.3 is 0 Å². The maximum Gasteiger partial charge on any atom is 0.0650 e. The van der Waals surface area contributed by atoms with Crippen LogP contribution in [0.1, 0.15) is 12.5 Å². The molecule has 0 fully saturated rings. The summed E-state index contributed by atoms with van der Waals surface area (Å²) in [6.07, 6.45) is 1.08. The molecule has 1 aromatic rings. The Morgan fingerprint density at radius 2 is 2.00 bits per heavy atom. The fourth-order valence-corrected chi connectivity index (χ4v) is 1.18. The summed E-state index contributed by atoms with van der Waals surface area (Å²) in [4.78, 5) is 0. The summed E-state index contributed by atoms with van der Waals surface area (Å²) in [5.74, 6) is 0. The van der Waals surface area contributed by atoms with E-state index >= 15 is 0 Å². The summed E-state index contributed by atoms with van der Waals surface area (Å²) in [7, 11) is 1.93. The number of para-hydroxylation sites is 1. The predicted molar refractivity (Wildman–Crippen MR) is 53.4 cm³/mol. The van der Waals surface area contributed by atoms with Gasteiger partial charge in [-0.3, -0.25) is 0 Å². The van der Waals surface area contributed by atoms with E-state index in [1.807, 2.05) is 7.05 Å². The third kappa shape index (κ3) is 2.24. The van der Waals surface area contributed by atoms with Gasteiger partial charge in [-0.05, 0) is 25.1 Å². The molecule has 66 valence electrons. The number of nitrogens with one attached hydrogen (secondary N) is 2. The van der Waals surface area contributed by atoms with E-state index in [-0.39, 0.29) is 0 Å². The average molecular weight is 164 g/mol. The quantitative estimate of drug-likeness (QED) is 0.663. The molecule has 0 bridgehead atoms. The van der Waals surface area contributed by atoms with E-state index in [1.165, 1.54) is 11.3 Å². The Bertz CT molecular complexity index is 233. The van der Waals surface area contributed by atoms with Gasteiger partial charge < -0.3 is 10.6 Å². The molecule has 0 unspecified atom stereocenters. The lowest BCUT2D eigenvalue weighted by molar-refractivity contribution is 0.871. The van der Waals surface area contributed by atoms with Crippen LogP contribution in [-0.2, 0) is 6.42 Å². The molecule has 0 saturated carbocycles. The zero-order chi connectivity index (χ0) is 8.81. The smallest absolute Gasteiger partial charge is 0.0650 e. The van der Waals surface area contributed by atoms with Gasteiger partial charge in [-0.1, -0.05) is 25.1 Å². The second-order valence-corrected chi connectivity index (χ2v) is 2.72. The summed E-state index contributed by atoms with van der Waals surface area (Å²) in [5, 5.41) is 6.36. The minimum absolute atomic E-state index is 0.816. The summed E-state index contributed by atoms with van der Waals surface area (Å²) < 4.78 is 0. The van der Waals surface area contributed by atoms with Crippen LogP contribution >= 0.6 is 0 Å². The fraction of sp³-hybridized carbons (Fsp3) is 0.400. The average Bonchev–Trinajstić information content (AvgIpc) is 2.15. The molecule has 0 aliphatic carbocycles. The minimum Gasteiger partial charge on any atom is -0.372 e. The Balaban J connectivity index is 2.68. The van der Waals surface area contributed by atoms with Crippen molar-refractivity contribution >= 4 is 5.69 Å². The molecule has 1 aromatic carbocycles. The van der Waals surface area contributed by atoms with Crippen LogP contribution in [0.4, 0.5) is 5.69 Å². The van der Waals surface area contributed by atoms with Crippen molar-refractivity contribution in [3.05, 3.63) is 29.8 Å². The summed E-state index contributed by atoms with van der Waals surface area (Å²) in [5.41, 5.74) is 2.60. The van der Waals surface area contributed by atoms with Gasteiger partial charge in [0, 0.05) is 5.69 Å².